The molecule has 0 heterocycles. The van der Waals surface area contributed by atoms with Gasteiger partial charge in [-0.25, -0.2) is 13.2 Å². The Morgan fingerprint density at radius 1 is 0.923 bits per heavy atom. The van der Waals surface area contributed by atoms with E-state index >= 15 is 0 Å². The summed E-state index contributed by atoms with van der Waals surface area (Å²) in [6.07, 6.45) is 2.56. The third kappa shape index (κ3) is 10.2. The number of carbonyl (C=O) groups is 1. The van der Waals surface area contributed by atoms with Crippen molar-refractivity contribution in [2.45, 2.75) is 56.4 Å². The van der Waals surface area contributed by atoms with E-state index in [1.807, 2.05) is 66.7 Å². The number of amides is 1. The molecule has 3 aromatic rings. The first kappa shape index (κ1) is 29.9. The summed E-state index contributed by atoms with van der Waals surface area (Å²) in [5.74, 6) is 0.550. The van der Waals surface area contributed by atoms with Crippen molar-refractivity contribution >= 4 is 22.0 Å². The van der Waals surface area contributed by atoms with Gasteiger partial charge in [0, 0.05) is 0 Å². The molecule has 8 heteroatoms. The van der Waals surface area contributed by atoms with Gasteiger partial charge in [-0.2, -0.15) is 0 Å². The molecular weight excluding hydrogens is 514 g/mol. The zero-order valence-corrected chi connectivity index (χ0v) is 23.7. The third-order valence-electron chi connectivity index (χ3n) is 5.78. The van der Waals surface area contributed by atoms with Crippen molar-refractivity contribution < 1.29 is 27.4 Å². The lowest BCUT2D eigenvalue weighted by Crippen LogP contribution is -2.46. The summed E-state index contributed by atoms with van der Waals surface area (Å²) in [7, 11) is -1.98. The van der Waals surface area contributed by atoms with Gasteiger partial charge in [-0.15, -0.1) is 0 Å². The van der Waals surface area contributed by atoms with E-state index in [1.165, 1.54) is 0 Å². The van der Waals surface area contributed by atoms with Crippen molar-refractivity contribution in [2.75, 3.05) is 12.9 Å². The van der Waals surface area contributed by atoms with E-state index in [1.54, 1.807) is 58.2 Å². The van der Waals surface area contributed by atoms with Crippen LogP contribution in [0.2, 0.25) is 0 Å². The zero-order chi connectivity index (χ0) is 28.3. The van der Waals surface area contributed by atoms with Crippen molar-refractivity contribution in [2.24, 2.45) is 0 Å². The van der Waals surface area contributed by atoms with Crippen molar-refractivity contribution in [3.05, 3.63) is 102 Å². The van der Waals surface area contributed by atoms with Crippen molar-refractivity contribution in [3.63, 3.8) is 0 Å². The number of alkyl carbamates (subject to hydrolysis) is 1. The minimum absolute atomic E-state index is 0.114. The number of methoxy groups -OCH3 is 1. The lowest BCUT2D eigenvalue weighted by atomic mass is 10.1. The maximum Gasteiger partial charge on any atom is 0.407 e. The van der Waals surface area contributed by atoms with Crippen LogP contribution in [-0.2, 0) is 25.9 Å². The van der Waals surface area contributed by atoms with Gasteiger partial charge in [0.2, 0.25) is 0 Å². The van der Waals surface area contributed by atoms with E-state index in [0.29, 0.717) is 0 Å². The maximum atomic E-state index is 13.1. The molecule has 0 saturated carbocycles. The summed E-state index contributed by atoms with van der Waals surface area (Å²) in [6.45, 7) is 5.56. The Hall–Kier alpha value is -3.62. The van der Waals surface area contributed by atoms with Gasteiger partial charge < -0.3 is 19.5 Å². The van der Waals surface area contributed by atoms with Gasteiger partial charge in [-0.1, -0.05) is 72.8 Å². The molecule has 3 aromatic carbocycles. The SMILES string of the molecule is COc1ccc(COC(C=Cc2ccccc2)C(CCS(=O)(=O)c2ccccc2)NC(=O)OC(C)(C)C)cc1. The van der Waals surface area contributed by atoms with E-state index in [0.717, 1.165) is 16.9 Å². The largest absolute Gasteiger partial charge is 0.497 e. The first-order valence-corrected chi connectivity index (χ1v) is 14.5. The highest BCUT2D eigenvalue weighted by molar-refractivity contribution is 7.91. The molecule has 2 unspecified atom stereocenters. The van der Waals surface area contributed by atoms with Gasteiger partial charge in [0.25, 0.3) is 0 Å². The Morgan fingerprint density at radius 3 is 2.13 bits per heavy atom. The molecule has 2 atom stereocenters. The number of nitrogens with one attached hydrogen (secondary N) is 1. The Kier molecular flexibility index (Phi) is 10.7. The van der Waals surface area contributed by atoms with Gasteiger partial charge in [-0.05, 0) is 62.6 Å². The number of hydrogen-bond acceptors (Lipinski definition) is 6. The minimum Gasteiger partial charge on any atom is -0.497 e. The first-order chi connectivity index (χ1) is 18.6. The van der Waals surface area contributed by atoms with Crippen LogP contribution in [0.25, 0.3) is 6.08 Å². The van der Waals surface area contributed by atoms with Gasteiger partial charge in [-0.3, -0.25) is 0 Å². The van der Waals surface area contributed by atoms with Gasteiger partial charge in [0.1, 0.15) is 11.4 Å². The smallest absolute Gasteiger partial charge is 0.407 e. The summed E-state index contributed by atoms with van der Waals surface area (Å²) >= 11 is 0. The molecule has 0 saturated heterocycles. The Morgan fingerprint density at radius 2 is 1.54 bits per heavy atom. The van der Waals surface area contributed by atoms with Crippen LogP contribution < -0.4 is 10.1 Å². The highest BCUT2D eigenvalue weighted by atomic mass is 32.2. The van der Waals surface area contributed by atoms with Crippen molar-refractivity contribution in [3.8, 4) is 5.75 Å². The third-order valence-corrected chi connectivity index (χ3v) is 7.54. The van der Waals surface area contributed by atoms with Crippen LogP contribution in [0.1, 0.15) is 38.3 Å². The van der Waals surface area contributed by atoms with Crippen molar-refractivity contribution in [1.29, 1.82) is 0 Å². The summed E-state index contributed by atoms with van der Waals surface area (Å²) in [4.78, 5) is 13.0. The molecule has 0 aliphatic rings. The lowest BCUT2D eigenvalue weighted by molar-refractivity contribution is 0.0261. The lowest BCUT2D eigenvalue weighted by Gasteiger charge is -2.28. The van der Waals surface area contributed by atoms with Gasteiger partial charge >= 0.3 is 6.09 Å². The minimum atomic E-state index is -3.59. The number of sulfone groups is 1. The van der Waals surface area contributed by atoms with Crippen LogP contribution in [0.4, 0.5) is 4.79 Å². The van der Waals surface area contributed by atoms with Crippen molar-refractivity contribution in [1.82, 2.24) is 5.32 Å². The standard InChI is InChI=1S/C31H37NO6S/c1-31(2,3)38-30(33)32-28(21-22-39(34,35)27-13-9-6-10-14-27)29(20-17-24-11-7-5-8-12-24)37-23-25-15-18-26(36-4)19-16-25/h5-20,28-29H,21-23H2,1-4H3,(H,32,33). The molecule has 0 bridgehead atoms. The number of hydrogen-bond donors (Lipinski definition) is 1. The molecule has 1 N–H and O–H groups in total. The highest BCUT2D eigenvalue weighted by Gasteiger charge is 2.28. The van der Waals surface area contributed by atoms with E-state index in [4.69, 9.17) is 14.2 Å². The van der Waals surface area contributed by atoms with E-state index in [-0.39, 0.29) is 23.7 Å². The topological polar surface area (TPSA) is 90.9 Å². The number of rotatable bonds is 12. The summed E-state index contributed by atoms with van der Waals surface area (Å²) in [5.41, 5.74) is 1.13. The zero-order valence-electron chi connectivity index (χ0n) is 22.9. The molecular formula is C31H37NO6S. The second kappa shape index (κ2) is 14.0. The van der Waals surface area contributed by atoms with E-state index < -0.39 is 33.7 Å². The van der Waals surface area contributed by atoms with Gasteiger partial charge in [0.15, 0.2) is 9.84 Å². The predicted octanol–water partition coefficient (Wildman–Crippen LogP) is 6.05. The normalized spacial score (nSPS) is 13.5. The van der Waals surface area contributed by atoms with Crippen LogP contribution in [0.5, 0.6) is 5.75 Å². The quantitative estimate of drug-likeness (QED) is 0.295. The molecule has 0 aliphatic carbocycles. The summed E-state index contributed by atoms with van der Waals surface area (Å²) < 4.78 is 43.2. The van der Waals surface area contributed by atoms with Crippen LogP contribution in [0.15, 0.2) is 95.9 Å². The summed E-state index contributed by atoms with van der Waals surface area (Å²) in [6, 6.07) is 24.8. The Balaban J connectivity index is 1.88. The first-order valence-electron chi connectivity index (χ1n) is 12.8. The molecule has 3 rings (SSSR count). The average Bonchev–Trinajstić information content (AvgIpc) is 2.91. The van der Waals surface area contributed by atoms with E-state index in [2.05, 4.69) is 5.32 Å². The maximum absolute atomic E-state index is 13.1. The van der Waals surface area contributed by atoms with Crippen LogP contribution in [0.3, 0.4) is 0 Å². The molecule has 1 amide bonds. The molecule has 0 fully saturated rings. The molecule has 7 nitrogen and oxygen atoms in total. The Labute approximate surface area is 231 Å². The van der Waals surface area contributed by atoms with Crippen LogP contribution >= 0.6 is 0 Å². The molecule has 0 spiro atoms. The fourth-order valence-electron chi connectivity index (χ4n) is 3.80. The summed E-state index contributed by atoms with van der Waals surface area (Å²) in [5, 5.41) is 2.87. The highest BCUT2D eigenvalue weighted by Crippen LogP contribution is 2.19. The number of carbonyl (C=O) groups excluding carboxylic acids is 1. The molecule has 208 valence electrons. The number of ether oxygens (including phenoxy) is 3. The average molecular weight is 552 g/mol. The van der Waals surface area contributed by atoms with Crippen LogP contribution in [-0.4, -0.2) is 45.1 Å². The second-order valence-electron chi connectivity index (χ2n) is 10.1. The molecule has 0 aliphatic heterocycles. The van der Waals surface area contributed by atoms with E-state index in [9.17, 15) is 13.2 Å². The molecule has 0 radical (unpaired) electrons. The second-order valence-corrected chi connectivity index (χ2v) is 12.2. The predicted molar refractivity (Wildman–Crippen MR) is 153 cm³/mol. The van der Waals surface area contributed by atoms with Gasteiger partial charge in [0.05, 0.1) is 36.5 Å². The number of benzene rings is 3. The Bertz CT molecular complexity index is 1300. The molecule has 0 aromatic heterocycles. The monoisotopic (exact) mass is 551 g/mol. The fourth-order valence-corrected chi connectivity index (χ4v) is 5.17. The van der Waals surface area contributed by atoms with Crippen LogP contribution in [0, 0.1) is 0 Å². The fraction of sp³-hybridized carbons (Fsp3) is 0.323. The molecule has 39 heavy (non-hydrogen) atoms.